The van der Waals surface area contributed by atoms with Gasteiger partial charge in [-0.3, -0.25) is 9.59 Å². The Morgan fingerprint density at radius 2 is 1.86 bits per heavy atom. The molecule has 1 aliphatic heterocycles. The molecule has 28 heavy (non-hydrogen) atoms. The van der Waals surface area contributed by atoms with Gasteiger partial charge < -0.3 is 15.0 Å². The predicted octanol–water partition coefficient (Wildman–Crippen LogP) is 3.58. The number of rotatable bonds is 9. The number of nitrogens with zero attached hydrogens (tertiary/aromatic N) is 1. The summed E-state index contributed by atoms with van der Waals surface area (Å²) in [7, 11) is 0. The molecule has 0 saturated carbocycles. The van der Waals surface area contributed by atoms with E-state index in [2.05, 4.69) is 17.4 Å². The van der Waals surface area contributed by atoms with Crippen molar-refractivity contribution < 1.29 is 14.3 Å². The van der Waals surface area contributed by atoms with Gasteiger partial charge in [0.2, 0.25) is 11.8 Å². The first-order valence-electron chi connectivity index (χ1n) is 10.0. The number of ether oxygens (including phenoxy) is 1. The SMILES string of the molecule is CCOc1ccc(N2C[C@H](C(=O)NCCCCc3ccccc3)CC2=O)cc1. The van der Waals surface area contributed by atoms with E-state index in [0.717, 1.165) is 30.7 Å². The van der Waals surface area contributed by atoms with Crippen LogP contribution >= 0.6 is 0 Å². The fraction of sp³-hybridized carbons (Fsp3) is 0.391. The van der Waals surface area contributed by atoms with E-state index >= 15 is 0 Å². The molecule has 1 saturated heterocycles. The third-order valence-electron chi connectivity index (χ3n) is 4.99. The second-order valence-corrected chi connectivity index (χ2v) is 7.07. The normalized spacial score (nSPS) is 16.2. The lowest BCUT2D eigenvalue weighted by Gasteiger charge is -2.17. The van der Waals surface area contributed by atoms with Crippen LogP contribution in [0.4, 0.5) is 5.69 Å². The first-order valence-corrected chi connectivity index (χ1v) is 10.0. The van der Waals surface area contributed by atoms with E-state index in [1.165, 1.54) is 5.56 Å². The van der Waals surface area contributed by atoms with Gasteiger partial charge in [-0.1, -0.05) is 30.3 Å². The van der Waals surface area contributed by atoms with Gasteiger partial charge in [-0.2, -0.15) is 0 Å². The largest absolute Gasteiger partial charge is 0.494 e. The van der Waals surface area contributed by atoms with E-state index in [0.29, 0.717) is 19.7 Å². The molecule has 1 atom stereocenters. The number of aryl methyl sites for hydroxylation is 1. The highest BCUT2D eigenvalue weighted by Gasteiger charge is 2.34. The summed E-state index contributed by atoms with van der Waals surface area (Å²) in [6.45, 7) is 3.63. The minimum Gasteiger partial charge on any atom is -0.494 e. The highest BCUT2D eigenvalue weighted by molar-refractivity contribution is 6.00. The summed E-state index contributed by atoms with van der Waals surface area (Å²) in [4.78, 5) is 26.5. The van der Waals surface area contributed by atoms with Crippen LogP contribution < -0.4 is 15.0 Å². The second kappa shape index (κ2) is 9.93. The molecule has 2 amide bonds. The standard InChI is InChI=1S/C23H28N2O3/c1-2-28-21-13-11-20(12-14-21)25-17-19(16-22(25)26)23(27)24-15-7-6-10-18-8-4-3-5-9-18/h3-5,8-9,11-14,19H,2,6-7,10,15-17H2,1H3,(H,24,27)/t19-/m1/s1. The summed E-state index contributed by atoms with van der Waals surface area (Å²) in [5.41, 5.74) is 2.13. The summed E-state index contributed by atoms with van der Waals surface area (Å²) in [6.07, 6.45) is 3.25. The third kappa shape index (κ3) is 5.35. The number of hydrogen-bond acceptors (Lipinski definition) is 3. The van der Waals surface area contributed by atoms with Crippen molar-refractivity contribution in [1.82, 2.24) is 5.32 Å². The van der Waals surface area contributed by atoms with Gasteiger partial charge in [0.05, 0.1) is 12.5 Å². The van der Waals surface area contributed by atoms with E-state index < -0.39 is 0 Å². The molecule has 5 nitrogen and oxygen atoms in total. The highest BCUT2D eigenvalue weighted by Crippen LogP contribution is 2.27. The maximum Gasteiger partial charge on any atom is 0.227 e. The molecule has 0 bridgehead atoms. The maximum absolute atomic E-state index is 12.4. The molecular formula is C23H28N2O3. The Bertz CT molecular complexity index is 774. The van der Waals surface area contributed by atoms with Crippen molar-refractivity contribution in [2.24, 2.45) is 5.92 Å². The minimum absolute atomic E-state index is 0.00612. The van der Waals surface area contributed by atoms with Crippen LogP contribution in [0, 0.1) is 5.92 Å². The Hall–Kier alpha value is -2.82. The molecule has 0 aromatic heterocycles. The van der Waals surface area contributed by atoms with Crippen LogP contribution in [0.25, 0.3) is 0 Å². The Kier molecular flexibility index (Phi) is 7.06. The zero-order valence-electron chi connectivity index (χ0n) is 16.4. The van der Waals surface area contributed by atoms with Crippen molar-refractivity contribution in [2.45, 2.75) is 32.6 Å². The van der Waals surface area contributed by atoms with Gasteiger partial charge in [0.25, 0.3) is 0 Å². The molecule has 0 aliphatic carbocycles. The van der Waals surface area contributed by atoms with Gasteiger partial charge in [-0.25, -0.2) is 0 Å². The van der Waals surface area contributed by atoms with Crippen LogP contribution in [0.1, 0.15) is 31.7 Å². The molecule has 0 unspecified atom stereocenters. The zero-order chi connectivity index (χ0) is 19.8. The number of nitrogens with one attached hydrogen (secondary N) is 1. The lowest BCUT2D eigenvalue weighted by atomic mass is 10.1. The highest BCUT2D eigenvalue weighted by atomic mass is 16.5. The van der Waals surface area contributed by atoms with Crippen molar-refractivity contribution in [3.63, 3.8) is 0 Å². The third-order valence-corrected chi connectivity index (χ3v) is 4.99. The molecule has 1 fully saturated rings. The van der Waals surface area contributed by atoms with Crippen molar-refractivity contribution >= 4 is 17.5 Å². The number of carbonyl (C=O) groups is 2. The Balaban J connectivity index is 1.42. The predicted molar refractivity (Wildman–Crippen MR) is 110 cm³/mol. The number of hydrogen-bond donors (Lipinski definition) is 1. The molecule has 1 N–H and O–H groups in total. The Labute approximate surface area is 166 Å². The fourth-order valence-corrected chi connectivity index (χ4v) is 3.48. The Morgan fingerprint density at radius 3 is 2.57 bits per heavy atom. The maximum atomic E-state index is 12.4. The summed E-state index contributed by atoms with van der Waals surface area (Å²) in [5.74, 6) is 0.464. The first-order chi connectivity index (χ1) is 13.7. The van der Waals surface area contributed by atoms with E-state index in [9.17, 15) is 9.59 Å². The quantitative estimate of drug-likeness (QED) is 0.677. The van der Waals surface area contributed by atoms with Crippen LogP contribution in [0.5, 0.6) is 5.75 Å². The van der Waals surface area contributed by atoms with Crippen LogP contribution in [0.15, 0.2) is 54.6 Å². The second-order valence-electron chi connectivity index (χ2n) is 7.07. The lowest BCUT2D eigenvalue weighted by molar-refractivity contribution is -0.126. The number of benzene rings is 2. The minimum atomic E-state index is -0.284. The molecule has 2 aromatic rings. The number of unbranched alkanes of at least 4 members (excludes halogenated alkanes) is 1. The summed E-state index contributed by atoms with van der Waals surface area (Å²) < 4.78 is 5.43. The van der Waals surface area contributed by atoms with Crippen LogP contribution in [-0.4, -0.2) is 31.5 Å². The topological polar surface area (TPSA) is 58.6 Å². The number of carbonyl (C=O) groups excluding carboxylic acids is 2. The Morgan fingerprint density at radius 1 is 1.11 bits per heavy atom. The zero-order valence-corrected chi connectivity index (χ0v) is 16.4. The van der Waals surface area contributed by atoms with Crippen LogP contribution in [-0.2, 0) is 16.0 Å². The van der Waals surface area contributed by atoms with Gasteiger partial charge >= 0.3 is 0 Å². The van der Waals surface area contributed by atoms with Gasteiger partial charge in [-0.15, -0.1) is 0 Å². The molecular weight excluding hydrogens is 352 g/mol. The molecule has 1 heterocycles. The van der Waals surface area contributed by atoms with Crippen molar-refractivity contribution in [2.75, 3.05) is 24.6 Å². The van der Waals surface area contributed by atoms with Crippen molar-refractivity contribution in [3.05, 3.63) is 60.2 Å². The van der Waals surface area contributed by atoms with E-state index in [4.69, 9.17) is 4.74 Å². The monoisotopic (exact) mass is 380 g/mol. The molecule has 0 spiro atoms. The van der Waals surface area contributed by atoms with E-state index in [-0.39, 0.29) is 24.2 Å². The molecule has 0 radical (unpaired) electrons. The van der Waals surface area contributed by atoms with Crippen LogP contribution in [0.2, 0.25) is 0 Å². The van der Waals surface area contributed by atoms with Crippen LogP contribution in [0.3, 0.4) is 0 Å². The smallest absolute Gasteiger partial charge is 0.227 e. The molecule has 3 rings (SSSR count). The first kappa shape index (κ1) is 19.9. The number of anilines is 1. The van der Waals surface area contributed by atoms with Gasteiger partial charge in [0.1, 0.15) is 5.75 Å². The average molecular weight is 380 g/mol. The average Bonchev–Trinajstić information content (AvgIpc) is 3.11. The van der Waals surface area contributed by atoms with Gasteiger partial charge in [0.15, 0.2) is 0 Å². The van der Waals surface area contributed by atoms with E-state index in [1.807, 2.05) is 49.4 Å². The lowest BCUT2D eigenvalue weighted by Crippen LogP contribution is -2.33. The van der Waals surface area contributed by atoms with Gasteiger partial charge in [0, 0.05) is 25.2 Å². The molecule has 148 valence electrons. The van der Waals surface area contributed by atoms with E-state index in [1.54, 1.807) is 4.90 Å². The van der Waals surface area contributed by atoms with Crippen molar-refractivity contribution in [1.29, 1.82) is 0 Å². The summed E-state index contributed by atoms with van der Waals surface area (Å²) in [6, 6.07) is 17.8. The van der Waals surface area contributed by atoms with Crippen molar-refractivity contribution in [3.8, 4) is 5.75 Å². The fourth-order valence-electron chi connectivity index (χ4n) is 3.48. The van der Waals surface area contributed by atoms with Gasteiger partial charge in [-0.05, 0) is 56.0 Å². The molecule has 2 aromatic carbocycles. The summed E-state index contributed by atoms with van der Waals surface area (Å²) >= 11 is 0. The summed E-state index contributed by atoms with van der Waals surface area (Å²) in [5, 5.41) is 2.99. The number of amides is 2. The molecule has 5 heteroatoms. The molecule has 1 aliphatic rings.